The minimum atomic E-state index is 0.115. The number of hydrogen-bond acceptors (Lipinski definition) is 4. The first-order chi connectivity index (χ1) is 9.06. The Morgan fingerprint density at radius 3 is 2.74 bits per heavy atom. The molecule has 106 valence electrons. The quantitative estimate of drug-likeness (QED) is 0.920. The van der Waals surface area contributed by atoms with E-state index >= 15 is 0 Å². The van der Waals surface area contributed by atoms with Crippen LogP contribution in [0.4, 0.5) is 0 Å². The second-order valence-corrected chi connectivity index (χ2v) is 6.80. The van der Waals surface area contributed by atoms with Crippen molar-refractivity contribution in [3.05, 3.63) is 16.1 Å². The maximum atomic E-state index is 11.9. The van der Waals surface area contributed by atoms with E-state index in [1.165, 1.54) is 4.88 Å². The number of amides is 1. The molecule has 0 unspecified atom stereocenters. The first-order valence-corrected chi connectivity index (χ1v) is 7.81. The molecule has 0 atom stereocenters. The number of carbonyl (C=O) groups is 1. The molecule has 1 aromatic heterocycles. The third-order valence-corrected chi connectivity index (χ3v) is 4.45. The van der Waals surface area contributed by atoms with Gasteiger partial charge in [-0.05, 0) is 19.8 Å². The van der Waals surface area contributed by atoms with Crippen LogP contribution in [0.3, 0.4) is 0 Å². The Hall–Kier alpha value is -0.940. The van der Waals surface area contributed by atoms with E-state index in [0.29, 0.717) is 6.04 Å². The Balaban J connectivity index is 1.73. The highest BCUT2D eigenvalue weighted by Gasteiger charge is 2.23. The summed E-state index contributed by atoms with van der Waals surface area (Å²) in [5.74, 6) is 0.404. The molecule has 1 aliphatic rings. The van der Waals surface area contributed by atoms with E-state index in [-0.39, 0.29) is 11.8 Å². The first kappa shape index (κ1) is 14.5. The van der Waals surface area contributed by atoms with Crippen LogP contribution in [-0.2, 0) is 11.3 Å². The number of hydrogen-bond donors (Lipinski definition) is 1. The average Bonchev–Trinajstić information content (AvgIpc) is 2.82. The Morgan fingerprint density at radius 1 is 1.53 bits per heavy atom. The van der Waals surface area contributed by atoms with Gasteiger partial charge in [-0.3, -0.25) is 4.79 Å². The summed E-state index contributed by atoms with van der Waals surface area (Å²) in [5, 5.41) is 4.69. The Morgan fingerprint density at radius 2 is 2.21 bits per heavy atom. The van der Waals surface area contributed by atoms with Crippen LogP contribution in [0.1, 0.15) is 36.6 Å². The summed E-state index contributed by atoms with van der Waals surface area (Å²) in [7, 11) is 0. The molecule has 2 heterocycles. The van der Waals surface area contributed by atoms with Gasteiger partial charge >= 0.3 is 0 Å². The summed E-state index contributed by atoms with van der Waals surface area (Å²) in [6.07, 6.45) is 4.05. The number of carbonyl (C=O) groups excluding carboxylic acids is 1. The van der Waals surface area contributed by atoms with Gasteiger partial charge in [0.2, 0.25) is 5.91 Å². The molecular weight excluding hydrogens is 258 g/mol. The van der Waals surface area contributed by atoms with Crippen molar-refractivity contribution in [3.63, 3.8) is 0 Å². The van der Waals surface area contributed by atoms with Crippen molar-refractivity contribution in [3.8, 4) is 0 Å². The van der Waals surface area contributed by atoms with Crippen LogP contribution in [-0.4, -0.2) is 34.9 Å². The van der Waals surface area contributed by atoms with Crippen LogP contribution in [0, 0.1) is 12.8 Å². The second-order valence-electron chi connectivity index (χ2n) is 5.48. The van der Waals surface area contributed by atoms with Gasteiger partial charge in [0, 0.05) is 42.7 Å². The van der Waals surface area contributed by atoms with Gasteiger partial charge in [0.05, 0.1) is 5.01 Å². The number of piperidine rings is 1. The number of aromatic nitrogens is 1. The van der Waals surface area contributed by atoms with Gasteiger partial charge in [-0.1, -0.05) is 13.8 Å². The standard InChI is InChI=1S/C14H23N3OS/c1-10(2)14(18)17-6-4-12(5-7-17)16-9-13-8-15-11(3)19-13/h8,10,12,16H,4-7,9H2,1-3H3. The maximum Gasteiger partial charge on any atom is 0.225 e. The summed E-state index contributed by atoms with van der Waals surface area (Å²) >= 11 is 1.75. The fraction of sp³-hybridized carbons (Fsp3) is 0.714. The normalized spacial score (nSPS) is 17.2. The highest BCUT2D eigenvalue weighted by Crippen LogP contribution is 2.15. The van der Waals surface area contributed by atoms with E-state index in [1.54, 1.807) is 11.3 Å². The fourth-order valence-corrected chi connectivity index (χ4v) is 3.15. The second kappa shape index (κ2) is 6.48. The molecule has 0 aliphatic carbocycles. The molecule has 1 aliphatic heterocycles. The third kappa shape index (κ3) is 4.01. The van der Waals surface area contributed by atoms with E-state index in [0.717, 1.165) is 37.5 Å². The number of nitrogens with one attached hydrogen (secondary N) is 1. The van der Waals surface area contributed by atoms with Gasteiger partial charge in [0.25, 0.3) is 0 Å². The van der Waals surface area contributed by atoms with Gasteiger partial charge in [-0.2, -0.15) is 0 Å². The van der Waals surface area contributed by atoms with E-state index in [9.17, 15) is 4.79 Å². The number of aryl methyl sites for hydroxylation is 1. The zero-order valence-electron chi connectivity index (χ0n) is 12.0. The third-order valence-electron chi connectivity index (χ3n) is 3.53. The van der Waals surface area contributed by atoms with Crippen molar-refractivity contribution in [1.82, 2.24) is 15.2 Å². The molecule has 1 amide bonds. The molecule has 0 radical (unpaired) electrons. The van der Waals surface area contributed by atoms with E-state index < -0.39 is 0 Å². The van der Waals surface area contributed by atoms with Gasteiger partial charge in [-0.25, -0.2) is 4.98 Å². The van der Waals surface area contributed by atoms with E-state index in [1.807, 2.05) is 31.9 Å². The van der Waals surface area contributed by atoms with Crippen LogP contribution < -0.4 is 5.32 Å². The number of thiazole rings is 1. The monoisotopic (exact) mass is 281 g/mol. The molecule has 1 fully saturated rings. The highest BCUT2D eigenvalue weighted by molar-refractivity contribution is 7.11. The summed E-state index contributed by atoms with van der Waals surface area (Å²) in [4.78, 5) is 19.4. The molecule has 0 bridgehead atoms. The topological polar surface area (TPSA) is 45.2 Å². The number of likely N-dealkylation sites (tertiary alicyclic amines) is 1. The molecule has 1 saturated heterocycles. The molecule has 2 rings (SSSR count). The summed E-state index contributed by atoms with van der Waals surface area (Å²) in [5.41, 5.74) is 0. The molecule has 0 aromatic carbocycles. The Kier molecular flexibility index (Phi) is 4.93. The summed E-state index contributed by atoms with van der Waals surface area (Å²) < 4.78 is 0. The Bertz CT molecular complexity index is 422. The largest absolute Gasteiger partial charge is 0.342 e. The van der Waals surface area contributed by atoms with Crippen LogP contribution in [0.2, 0.25) is 0 Å². The fourth-order valence-electron chi connectivity index (χ4n) is 2.40. The van der Waals surface area contributed by atoms with Gasteiger partial charge in [0.1, 0.15) is 0 Å². The summed E-state index contributed by atoms with van der Waals surface area (Å²) in [6.45, 7) is 8.64. The van der Waals surface area contributed by atoms with Crippen LogP contribution in [0.25, 0.3) is 0 Å². The molecule has 5 heteroatoms. The van der Waals surface area contributed by atoms with Crippen LogP contribution >= 0.6 is 11.3 Å². The lowest BCUT2D eigenvalue weighted by Gasteiger charge is -2.33. The van der Waals surface area contributed by atoms with Crippen molar-refractivity contribution in [2.45, 2.75) is 46.2 Å². The van der Waals surface area contributed by atoms with E-state index in [2.05, 4.69) is 10.3 Å². The Labute approximate surface area is 119 Å². The van der Waals surface area contributed by atoms with Gasteiger partial charge in [0.15, 0.2) is 0 Å². The molecule has 0 spiro atoms. The van der Waals surface area contributed by atoms with Crippen molar-refractivity contribution in [2.75, 3.05) is 13.1 Å². The molecule has 4 nitrogen and oxygen atoms in total. The number of nitrogens with zero attached hydrogens (tertiary/aromatic N) is 2. The first-order valence-electron chi connectivity index (χ1n) is 6.99. The van der Waals surface area contributed by atoms with Gasteiger partial charge in [-0.15, -0.1) is 11.3 Å². The summed E-state index contributed by atoms with van der Waals surface area (Å²) in [6, 6.07) is 0.526. The highest BCUT2D eigenvalue weighted by atomic mass is 32.1. The zero-order chi connectivity index (χ0) is 13.8. The predicted octanol–water partition coefficient (Wildman–Crippen LogP) is 2.19. The molecular formula is C14H23N3OS. The smallest absolute Gasteiger partial charge is 0.225 e. The maximum absolute atomic E-state index is 11.9. The lowest BCUT2D eigenvalue weighted by molar-refractivity contribution is -0.135. The van der Waals surface area contributed by atoms with Crippen molar-refractivity contribution in [1.29, 1.82) is 0 Å². The SMILES string of the molecule is Cc1ncc(CNC2CCN(C(=O)C(C)C)CC2)s1. The number of rotatable bonds is 4. The molecule has 1 N–H and O–H groups in total. The molecule has 19 heavy (non-hydrogen) atoms. The van der Waals surface area contributed by atoms with E-state index in [4.69, 9.17) is 0 Å². The minimum Gasteiger partial charge on any atom is -0.342 e. The van der Waals surface area contributed by atoms with Gasteiger partial charge < -0.3 is 10.2 Å². The van der Waals surface area contributed by atoms with Crippen LogP contribution in [0.15, 0.2) is 6.20 Å². The average molecular weight is 281 g/mol. The molecule has 0 saturated carbocycles. The van der Waals surface area contributed by atoms with Crippen molar-refractivity contribution < 1.29 is 4.79 Å². The van der Waals surface area contributed by atoms with Crippen molar-refractivity contribution in [2.24, 2.45) is 5.92 Å². The molecule has 1 aromatic rings. The zero-order valence-corrected chi connectivity index (χ0v) is 12.8. The predicted molar refractivity (Wildman–Crippen MR) is 78.1 cm³/mol. The lowest BCUT2D eigenvalue weighted by Crippen LogP contribution is -2.45. The van der Waals surface area contributed by atoms with Crippen molar-refractivity contribution >= 4 is 17.2 Å². The lowest BCUT2D eigenvalue weighted by atomic mass is 10.0. The minimum absolute atomic E-state index is 0.115. The van der Waals surface area contributed by atoms with Crippen LogP contribution in [0.5, 0.6) is 0 Å².